The van der Waals surface area contributed by atoms with E-state index in [2.05, 4.69) is 49.5 Å². The zero-order valence-electron chi connectivity index (χ0n) is 9.08. The van der Waals surface area contributed by atoms with Crippen molar-refractivity contribution >= 4 is 0 Å². The standard InChI is InChI=1S/C14H20/c1-2-3-4-8-11-14-12-9-6-5-7-10-13-14/h5-7,9-10,12-13H,2-4,8,11H2,1H3. The molecule has 0 atom stereocenters. The Labute approximate surface area is 87.7 Å². The van der Waals surface area contributed by atoms with Crippen molar-refractivity contribution in [3.05, 3.63) is 48.1 Å². The van der Waals surface area contributed by atoms with E-state index in [4.69, 9.17) is 0 Å². The lowest BCUT2D eigenvalue weighted by Gasteiger charge is -2.01. The SMILES string of the molecule is CCCCCCC1=CC=CC=CC=C1. The molecule has 0 aromatic rings. The maximum Gasteiger partial charge on any atom is -0.0279 e. The third-order valence-corrected chi connectivity index (χ3v) is 2.38. The molecule has 0 saturated carbocycles. The van der Waals surface area contributed by atoms with Crippen LogP contribution < -0.4 is 0 Å². The Bertz CT molecular complexity index is 251. The number of unbranched alkanes of at least 4 members (excludes halogenated alkanes) is 3. The smallest absolute Gasteiger partial charge is 0.0279 e. The van der Waals surface area contributed by atoms with Gasteiger partial charge < -0.3 is 0 Å². The van der Waals surface area contributed by atoms with Crippen molar-refractivity contribution in [3.63, 3.8) is 0 Å². The van der Waals surface area contributed by atoms with Gasteiger partial charge in [-0.1, -0.05) is 68.7 Å². The van der Waals surface area contributed by atoms with Crippen molar-refractivity contribution < 1.29 is 0 Å². The van der Waals surface area contributed by atoms with E-state index in [-0.39, 0.29) is 0 Å². The Kier molecular flexibility index (Phi) is 5.81. The summed E-state index contributed by atoms with van der Waals surface area (Å²) < 4.78 is 0. The molecule has 1 aliphatic carbocycles. The third kappa shape index (κ3) is 4.86. The Morgan fingerprint density at radius 2 is 1.64 bits per heavy atom. The van der Waals surface area contributed by atoms with E-state index in [1.54, 1.807) is 0 Å². The molecule has 0 amide bonds. The second-order valence-corrected chi connectivity index (χ2v) is 3.68. The van der Waals surface area contributed by atoms with Crippen molar-refractivity contribution in [3.8, 4) is 0 Å². The van der Waals surface area contributed by atoms with E-state index in [9.17, 15) is 0 Å². The van der Waals surface area contributed by atoms with Crippen LogP contribution in [-0.2, 0) is 0 Å². The van der Waals surface area contributed by atoms with Crippen LogP contribution in [0.15, 0.2) is 48.1 Å². The van der Waals surface area contributed by atoms with E-state index < -0.39 is 0 Å². The minimum absolute atomic E-state index is 1.22. The summed E-state index contributed by atoms with van der Waals surface area (Å²) in [7, 11) is 0. The fraction of sp³-hybridized carbons (Fsp3) is 0.429. The van der Waals surface area contributed by atoms with E-state index >= 15 is 0 Å². The molecule has 0 radical (unpaired) electrons. The summed E-state index contributed by atoms with van der Waals surface area (Å²) in [5.74, 6) is 0. The van der Waals surface area contributed by atoms with E-state index in [1.807, 2.05) is 0 Å². The van der Waals surface area contributed by atoms with Crippen molar-refractivity contribution in [2.75, 3.05) is 0 Å². The Morgan fingerprint density at radius 3 is 2.50 bits per heavy atom. The Hall–Kier alpha value is -1.04. The monoisotopic (exact) mass is 188 g/mol. The highest BCUT2D eigenvalue weighted by molar-refractivity contribution is 5.30. The molecule has 0 saturated heterocycles. The molecule has 14 heavy (non-hydrogen) atoms. The molecule has 0 aromatic carbocycles. The number of hydrogen-bond donors (Lipinski definition) is 0. The molecule has 1 aliphatic rings. The van der Waals surface area contributed by atoms with E-state index in [1.165, 1.54) is 37.7 Å². The molecule has 0 heteroatoms. The molecule has 0 unspecified atom stereocenters. The first-order valence-corrected chi connectivity index (χ1v) is 5.64. The van der Waals surface area contributed by atoms with Gasteiger partial charge in [-0.25, -0.2) is 0 Å². The van der Waals surface area contributed by atoms with Crippen molar-refractivity contribution in [2.45, 2.75) is 39.0 Å². The summed E-state index contributed by atoms with van der Waals surface area (Å²) in [6, 6.07) is 0. The molecule has 0 N–H and O–H groups in total. The molecule has 0 bridgehead atoms. The second-order valence-electron chi connectivity index (χ2n) is 3.68. The van der Waals surface area contributed by atoms with Crippen LogP contribution in [0.25, 0.3) is 0 Å². The van der Waals surface area contributed by atoms with Gasteiger partial charge in [0.2, 0.25) is 0 Å². The minimum Gasteiger partial charge on any atom is -0.0654 e. The maximum atomic E-state index is 2.25. The predicted molar refractivity (Wildman–Crippen MR) is 64.3 cm³/mol. The fourth-order valence-corrected chi connectivity index (χ4v) is 1.53. The number of rotatable bonds is 5. The molecular formula is C14H20. The summed E-state index contributed by atoms with van der Waals surface area (Å²) in [5, 5.41) is 0. The first-order valence-electron chi connectivity index (χ1n) is 5.64. The summed E-state index contributed by atoms with van der Waals surface area (Å²) in [4.78, 5) is 0. The zero-order chi connectivity index (χ0) is 10.1. The van der Waals surface area contributed by atoms with Crippen LogP contribution in [0.3, 0.4) is 0 Å². The lowest BCUT2D eigenvalue weighted by atomic mass is 10.0. The van der Waals surface area contributed by atoms with Crippen LogP contribution in [0.5, 0.6) is 0 Å². The van der Waals surface area contributed by atoms with Gasteiger partial charge in [-0.2, -0.15) is 0 Å². The molecule has 0 aliphatic heterocycles. The predicted octanol–water partition coefficient (Wildman–Crippen LogP) is 4.57. The average Bonchev–Trinajstić information content (AvgIpc) is 2.15. The van der Waals surface area contributed by atoms with Gasteiger partial charge in [-0.3, -0.25) is 0 Å². The number of allylic oxidation sites excluding steroid dienone is 8. The van der Waals surface area contributed by atoms with Crippen LogP contribution in [0, 0.1) is 0 Å². The Balaban J connectivity index is 2.28. The average molecular weight is 188 g/mol. The first-order chi connectivity index (χ1) is 6.93. The van der Waals surface area contributed by atoms with Crippen molar-refractivity contribution in [1.29, 1.82) is 0 Å². The van der Waals surface area contributed by atoms with Gasteiger partial charge in [0.1, 0.15) is 0 Å². The van der Waals surface area contributed by atoms with Crippen LogP contribution in [-0.4, -0.2) is 0 Å². The molecule has 0 fully saturated rings. The van der Waals surface area contributed by atoms with Crippen LogP contribution in [0.4, 0.5) is 0 Å². The second kappa shape index (κ2) is 7.37. The quantitative estimate of drug-likeness (QED) is 0.555. The van der Waals surface area contributed by atoms with Crippen LogP contribution >= 0.6 is 0 Å². The molecule has 76 valence electrons. The Morgan fingerprint density at radius 1 is 0.857 bits per heavy atom. The maximum absolute atomic E-state index is 2.25. The van der Waals surface area contributed by atoms with Gasteiger partial charge in [0.25, 0.3) is 0 Å². The first kappa shape index (κ1) is 11.0. The largest absolute Gasteiger partial charge is 0.0654 e. The third-order valence-electron chi connectivity index (χ3n) is 2.38. The molecule has 0 heterocycles. The van der Waals surface area contributed by atoms with Gasteiger partial charge in [-0.15, -0.1) is 0 Å². The molecule has 1 rings (SSSR count). The summed E-state index contributed by atoms with van der Waals surface area (Å²) in [5.41, 5.74) is 1.45. The molecule has 0 aromatic heterocycles. The van der Waals surface area contributed by atoms with E-state index in [0.29, 0.717) is 0 Å². The van der Waals surface area contributed by atoms with Gasteiger partial charge in [0, 0.05) is 0 Å². The minimum atomic E-state index is 1.22. The normalized spacial score (nSPS) is 15.1. The fourth-order valence-electron chi connectivity index (χ4n) is 1.53. The highest BCUT2D eigenvalue weighted by atomic mass is 14.0. The van der Waals surface area contributed by atoms with Crippen molar-refractivity contribution in [2.24, 2.45) is 0 Å². The van der Waals surface area contributed by atoms with Gasteiger partial charge in [0.05, 0.1) is 0 Å². The highest BCUT2D eigenvalue weighted by Crippen LogP contribution is 2.12. The lowest BCUT2D eigenvalue weighted by Crippen LogP contribution is -1.81. The lowest BCUT2D eigenvalue weighted by molar-refractivity contribution is 0.668. The molecule has 0 spiro atoms. The summed E-state index contributed by atoms with van der Waals surface area (Å²) in [6.45, 7) is 2.25. The zero-order valence-corrected chi connectivity index (χ0v) is 9.08. The van der Waals surface area contributed by atoms with Gasteiger partial charge in [-0.05, 0) is 18.4 Å². The number of hydrogen-bond acceptors (Lipinski definition) is 0. The molecular weight excluding hydrogens is 168 g/mol. The topological polar surface area (TPSA) is 0 Å². The summed E-state index contributed by atoms with van der Waals surface area (Å²) >= 11 is 0. The summed E-state index contributed by atoms with van der Waals surface area (Å²) in [6.07, 6.45) is 21.5. The van der Waals surface area contributed by atoms with Gasteiger partial charge >= 0.3 is 0 Å². The van der Waals surface area contributed by atoms with Crippen LogP contribution in [0.1, 0.15) is 39.0 Å². The highest BCUT2D eigenvalue weighted by Gasteiger charge is 1.92. The van der Waals surface area contributed by atoms with E-state index in [0.717, 1.165) is 0 Å². The molecule has 0 nitrogen and oxygen atoms in total. The van der Waals surface area contributed by atoms with Gasteiger partial charge in [0.15, 0.2) is 0 Å². The van der Waals surface area contributed by atoms with Crippen molar-refractivity contribution in [1.82, 2.24) is 0 Å². The van der Waals surface area contributed by atoms with Crippen LogP contribution in [0.2, 0.25) is 0 Å².